The first kappa shape index (κ1) is 25.4. The van der Waals surface area contributed by atoms with E-state index in [1.165, 1.54) is 12.1 Å². The molecule has 3 heterocycles. The highest BCUT2D eigenvalue weighted by molar-refractivity contribution is 7.99. The summed E-state index contributed by atoms with van der Waals surface area (Å²) in [6, 6.07) is 16.0. The van der Waals surface area contributed by atoms with Crippen LogP contribution < -0.4 is 4.74 Å². The number of halogens is 1. The molecule has 0 bridgehead atoms. The van der Waals surface area contributed by atoms with Gasteiger partial charge in [0.25, 0.3) is 0 Å². The van der Waals surface area contributed by atoms with Gasteiger partial charge < -0.3 is 18.8 Å². The van der Waals surface area contributed by atoms with Crippen LogP contribution in [0.5, 0.6) is 5.75 Å². The lowest BCUT2D eigenvalue weighted by Gasteiger charge is -2.29. The van der Waals surface area contributed by atoms with Crippen LogP contribution in [0.4, 0.5) is 4.39 Å². The molecule has 2 unspecified atom stereocenters. The zero-order chi connectivity index (χ0) is 25.5. The van der Waals surface area contributed by atoms with Crippen LogP contribution >= 0.6 is 11.8 Å². The maximum absolute atomic E-state index is 13.6. The molecule has 0 amide bonds. The molecule has 1 saturated heterocycles. The average Bonchev–Trinajstić information content (AvgIpc) is 3.59. The molecule has 0 spiro atoms. The fourth-order valence-electron chi connectivity index (χ4n) is 4.09. The van der Waals surface area contributed by atoms with E-state index in [0.29, 0.717) is 19.8 Å². The summed E-state index contributed by atoms with van der Waals surface area (Å²) in [5, 5.41) is 0.796. The third-order valence-electron chi connectivity index (χ3n) is 6.04. The first-order chi connectivity index (χ1) is 18.1. The molecule has 0 aliphatic carbocycles. The first-order valence-electron chi connectivity index (χ1n) is 12.4. The largest absolute Gasteiger partial charge is 0.491 e. The molecule has 0 N–H and O–H groups in total. The lowest BCUT2D eigenvalue weighted by molar-refractivity contribution is -0.189. The minimum absolute atomic E-state index is 0.294. The van der Waals surface area contributed by atoms with Gasteiger partial charge in [0.1, 0.15) is 24.3 Å². The number of imidazole rings is 1. The van der Waals surface area contributed by atoms with Gasteiger partial charge in [-0.05, 0) is 48.9 Å². The van der Waals surface area contributed by atoms with Gasteiger partial charge >= 0.3 is 0 Å². The van der Waals surface area contributed by atoms with E-state index in [0.717, 1.165) is 46.3 Å². The Balaban J connectivity index is 1.22. The highest BCUT2D eigenvalue weighted by atomic mass is 32.2. The van der Waals surface area contributed by atoms with E-state index in [9.17, 15) is 4.39 Å². The zero-order valence-corrected chi connectivity index (χ0v) is 21.4. The minimum Gasteiger partial charge on any atom is -0.491 e. The molecule has 7 nitrogen and oxygen atoms in total. The second-order valence-electron chi connectivity index (χ2n) is 8.81. The van der Waals surface area contributed by atoms with Crippen molar-refractivity contribution in [3.05, 3.63) is 90.9 Å². The average molecular weight is 521 g/mol. The summed E-state index contributed by atoms with van der Waals surface area (Å²) in [5.74, 6) is 0.389. The van der Waals surface area contributed by atoms with Gasteiger partial charge in [0, 0.05) is 35.5 Å². The molecule has 5 rings (SSSR count). The molecule has 4 aromatic rings. The van der Waals surface area contributed by atoms with Crippen molar-refractivity contribution in [3.63, 3.8) is 0 Å². The van der Waals surface area contributed by atoms with E-state index in [-0.39, 0.29) is 11.9 Å². The smallest absolute Gasteiger partial charge is 0.214 e. The molecule has 1 aliphatic rings. The fourth-order valence-corrected chi connectivity index (χ4v) is 5.00. The predicted octanol–water partition coefficient (Wildman–Crippen LogP) is 5.72. The summed E-state index contributed by atoms with van der Waals surface area (Å²) in [7, 11) is 0. The Hall–Kier alpha value is -3.27. The standard InChI is InChI=1S/C28H29FN4O3S/c1-2-3-16-37-27-31-13-12-26(32-27)21-4-10-24(11-5-21)34-17-25-18-35-28(36-25,19-33-15-14-30-20-33)22-6-8-23(29)9-7-22/h4-15,20,25H,2-3,16-19H2,1H3. The molecule has 37 heavy (non-hydrogen) atoms. The van der Waals surface area contributed by atoms with Crippen molar-refractivity contribution >= 4 is 11.8 Å². The molecule has 1 aliphatic heterocycles. The SMILES string of the molecule is CCCCSc1nccc(-c2ccc(OCC3COC(Cn4ccnc4)(c4ccc(F)cc4)O3)cc2)n1. The summed E-state index contributed by atoms with van der Waals surface area (Å²) in [6.07, 6.45) is 9.05. The molecule has 1 fully saturated rings. The van der Waals surface area contributed by atoms with Crippen molar-refractivity contribution in [2.45, 2.75) is 43.4 Å². The van der Waals surface area contributed by atoms with E-state index in [2.05, 4.69) is 21.9 Å². The van der Waals surface area contributed by atoms with Crippen molar-refractivity contribution < 1.29 is 18.6 Å². The van der Waals surface area contributed by atoms with Crippen LogP contribution in [0, 0.1) is 5.82 Å². The third-order valence-corrected chi connectivity index (χ3v) is 6.99. The molecule has 0 radical (unpaired) electrons. The molecular weight excluding hydrogens is 491 g/mol. The van der Waals surface area contributed by atoms with Gasteiger partial charge in [-0.25, -0.2) is 19.3 Å². The molecular formula is C28H29FN4O3S. The normalized spacial score (nSPS) is 19.2. The first-order valence-corrected chi connectivity index (χ1v) is 13.3. The number of ether oxygens (including phenoxy) is 3. The van der Waals surface area contributed by atoms with E-state index in [1.807, 2.05) is 41.1 Å². The number of aromatic nitrogens is 4. The number of thioether (sulfide) groups is 1. The predicted molar refractivity (Wildman–Crippen MR) is 140 cm³/mol. The van der Waals surface area contributed by atoms with Crippen LogP contribution in [-0.2, 0) is 21.8 Å². The van der Waals surface area contributed by atoms with Crippen LogP contribution in [0.25, 0.3) is 11.3 Å². The number of nitrogens with zero attached hydrogens (tertiary/aromatic N) is 4. The molecule has 2 aromatic carbocycles. The molecule has 192 valence electrons. The maximum atomic E-state index is 13.6. The zero-order valence-electron chi connectivity index (χ0n) is 20.6. The second kappa shape index (κ2) is 11.9. The lowest BCUT2D eigenvalue weighted by atomic mass is 10.1. The minimum atomic E-state index is -1.05. The van der Waals surface area contributed by atoms with Gasteiger partial charge in [-0.1, -0.05) is 37.2 Å². The lowest BCUT2D eigenvalue weighted by Crippen LogP contribution is -2.34. The van der Waals surface area contributed by atoms with Crippen LogP contribution in [-0.4, -0.2) is 44.6 Å². The number of hydrogen-bond acceptors (Lipinski definition) is 7. The number of benzene rings is 2. The van der Waals surface area contributed by atoms with Crippen molar-refractivity contribution in [1.29, 1.82) is 0 Å². The van der Waals surface area contributed by atoms with Gasteiger partial charge in [0.15, 0.2) is 5.16 Å². The maximum Gasteiger partial charge on any atom is 0.214 e. The summed E-state index contributed by atoms with van der Waals surface area (Å²) in [4.78, 5) is 13.2. The van der Waals surface area contributed by atoms with Crippen molar-refractivity contribution in [3.8, 4) is 17.0 Å². The second-order valence-corrected chi connectivity index (χ2v) is 9.87. The quantitative estimate of drug-likeness (QED) is 0.142. The van der Waals surface area contributed by atoms with Crippen LogP contribution in [0.3, 0.4) is 0 Å². The van der Waals surface area contributed by atoms with Gasteiger partial charge in [-0.2, -0.15) is 0 Å². The van der Waals surface area contributed by atoms with E-state index in [1.54, 1.807) is 42.6 Å². The monoisotopic (exact) mass is 520 g/mol. The Bertz CT molecular complexity index is 1270. The Morgan fingerprint density at radius 3 is 2.70 bits per heavy atom. The van der Waals surface area contributed by atoms with Crippen LogP contribution in [0.2, 0.25) is 0 Å². The number of hydrogen-bond donors (Lipinski definition) is 0. The molecule has 9 heteroatoms. The number of rotatable bonds is 11. The van der Waals surface area contributed by atoms with E-state index >= 15 is 0 Å². The van der Waals surface area contributed by atoms with Gasteiger partial charge in [-0.15, -0.1) is 0 Å². The Morgan fingerprint density at radius 1 is 1.11 bits per heavy atom. The molecule has 0 saturated carbocycles. The van der Waals surface area contributed by atoms with E-state index in [4.69, 9.17) is 14.2 Å². The topological polar surface area (TPSA) is 71.3 Å². The highest BCUT2D eigenvalue weighted by Crippen LogP contribution is 2.36. The van der Waals surface area contributed by atoms with Gasteiger partial charge in [0.2, 0.25) is 5.79 Å². The van der Waals surface area contributed by atoms with Crippen LogP contribution in [0.1, 0.15) is 25.3 Å². The van der Waals surface area contributed by atoms with E-state index < -0.39 is 5.79 Å². The Kier molecular flexibility index (Phi) is 8.13. The molecule has 2 aromatic heterocycles. The Labute approximate surface area is 220 Å². The fraction of sp³-hybridized carbons (Fsp3) is 0.321. The molecule has 2 atom stereocenters. The van der Waals surface area contributed by atoms with Crippen LogP contribution in [0.15, 0.2) is 84.7 Å². The highest BCUT2D eigenvalue weighted by Gasteiger charge is 2.44. The van der Waals surface area contributed by atoms with Gasteiger partial charge in [0.05, 0.1) is 25.2 Å². The summed E-state index contributed by atoms with van der Waals surface area (Å²) in [5.41, 5.74) is 2.63. The van der Waals surface area contributed by atoms with Crippen molar-refractivity contribution in [1.82, 2.24) is 19.5 Å². The van der Waals surface area contributed by atoms with Gasteiger partial charge in [-0.3, -0.25) is 0 Å². The summed E-state index contributed by atoms with van der Waals surface area (Å²) < 4.78 is 34.0. The third kappa shape index (κ3) is 6.36. The van der Waals surface area contributed by atoms with Crippen molar-refractivity contribution in [2.75, 3.05) is 19.0 Å². The Morgan fingerprint density at radius 2 is 1.95 bits per heavy atom. The summed E-state index contributed by atoms with van der Waals surface area (Å²) in [6.45, 7) is 3.24. The number of unbranched alkanes of at least 4 members (excludes halogenated alkanes) is 1. The summed E-state index contributed by atoms with van der Waals surface area (Å²) >= 11 is 1.68. The van der Waals surface area contributed by atoms with Crippen molar-refractivity contribution in [2.24, 2.45) is 0 Å².